The summed E-state index contributed by atoms with van der Waals surface area (Å²) in [6, 6.07) is 5.58. The fourth-order valence-corrected chi connectivity index (χ4v) is 2.59. The van der Waals surface area contributed by atoms with E-state index >= 15 is 0 Å². The molecule has 2 rings (SSSR count). The molecule has 1 aromatic carbocycles. The Bertz CT molecular complexity index is 578. The second-order valence-electron chi connectivity index (χ2n) is 6.08. The quantitative estimate of drug-likeness (QED) is 0.796. The zero-order chi connectivity index (χ0) is 14.8. The van der Waals surface area contributed by atoms with Gasteiger partial charge in [-0.1, -0.05) is 31.8 Å². The first-order valence-corrected chi connectivity index (χ1v) is 6.93. The van der Waals surface area contributed by atoms with Gasteiger partial charge in [0.2, 0.25) is 0 Å². The highest BCUT2D eigenvalue weighted by Crippen LogP contribution is 2.30. The lowest BCUT2D eigenvalue weighted by molar-refractivity contribution is 0.0777. The monoisotopic (exact) mass is 271 g/mol. The molecule has 1 amide bonds. The number of hydrogen-bond acceptors (Lipinski definition) is 2. The van der Waals surface area contributed by atoms with Gasteiger partial charge in [0.15, 0.2) is 0 Å². The van der Waals surface area contributed by atoms with Gasteiger partial charge in [-0.3, -0.25) is 4.79 Å². The fraction of sp³-hybridized carbons (Fsp3) is 0.471. The average molecular weight is 271 g/mol. The third-order valence-electron chi connectivity index (χ3n) is 3.83. The maximum Gasteiger partial charge on any atom is 0.254 e. The number of carbonyl (C=O) groups is 1. The zero-order valence-electron chi connectivity index (χ0n) is 12.4. The van der Waals surface area contributed by atoms with Gasteiger partial charge in [0.05, 0.1) is 0 Å². The summed E-state index contributed by atoms with van der Waals surface area (Å²) >= 11 is 0. The maximum absolute atomic E-state index is 12.6. The number of hydrogen-bond donors (Lipinski definition) is 1. The summed E-state index contributed by atoms with van der Waals surface area (Å²) in [6.45, 7) is 7.75. The van der Waals surface area contributed by atoms with Gasteiger partial charge in [-0.15, -0.1) is 0 Å². The summed E-state index contributed by atoms with van der Waals surface area (Å²) in [5.41, 5.74) is 2.62. The van der Waals surface area contributed by atoms with E-state index in [-0.39, 0.29) is 17.9 Å². The molecule has 0 aliphatic carbocycles. The summed E-state index contributed by atoms with van der Waals surface area (Å²) in [7, 11) is 0. The number of aliphatic hydroxyl groups is 1. The van der Waals surface area contributed by atoms with E-state index < -0.39 is 0 Å². The van der Waals surface area contributed by atoms with Crippen LogP contribution in [0.5, 0.6) is 0 Å². The molecule has 0 bridgehead atoms. The van der Waals surface area contributed by atoms with Gasteiger partial charge in [-0.25, -0.2) is 0 Å². The molecule has 3 heteroatoms. The standard InChI is InChI=1S/C17H21NO2/c1-13-14(7-5-11-19)6-4-8-15(13)16(20)18-10-9-17(2,3)12-18/h4,6,8,19H,9-12H2,1-3H3. The molecule has 1 aliphatic heterocycles. The van der Waals surface area contributed by atoms with Crippen LogP contribution < -0.4 is 0 Å². The van der Waals surface area contributed by atoms with Crippen molar-refractivity contribution in [1.82, 2.24) is 4.90 Å². The molecule has 0 spiro atoms. The summed E-state index contributed by atoms with van der Waals surface area (Å²) in [4.78, 5) is 14.5. The largest absolute Gasteiger partial charge is 0.384 e. The molecule has 3 nitrogen and oxygen atoms in total. The zero-order valence-corrected chi connectivity index (χ0v) is 12.4. The molecule has 1 fully saturated rings. The number of aliphatic hydroxyl groups excluding tert-OH is 1. The van der Waals surface area contributed by atoms with Crippen LogP contribution in [0.3, 0.4) is 0 Å². The minimum absolute atomic E-state index is 0.0840. The van der Waals surface area contributed by atoms with Crippen LogP contribution in [0.1, 0.15) is 41.8 Å². The molecule has 0 unspecified atom stereocenters. The average Bonchev–Trinajstić information content (AvgIpc) is 2.77. The first kappa shape index (κ1) is 14.6. The van der Waals surface area contributed by atoms with Crippen LogP contribution >= 0.6 is 0 Å². The summed E-state index contributed by atoms with van der Waals surface area (Å²) in [5, 5.41) is 8.78. The minimum atomic E-state index is -0.169. The molecule has 0 aromatic heterocycles. The van der Waals surface area contributed by atoms with E-state index in [4.69, 9.17) is 5.11 Å². The smallest absolute Gasteiger partial charge is 0.254 e. The molecule has 1 saturated heterocycles. The van der Waals surface area contributed by atoms with Crippen LogP contribution in [0.4, 0.5) is 0 Å². The van der Waals surface area contributed by atoms with Gasteiger partial charge in [0.1, 0.15) is 6.61 Å². The predicted molar refractivity (Wildman–Crippen MR) is 79.4 cm³/mol. The van der Waals surface area contributed by atoms with Crippen molar-refractivity contribution in [3.05, 3.63) is 34.9 Å². The highest BCUT2D eigenvalue weighted by Gasteiger charge is 2.32. The summed E-state index contributed by atoms with van der Waals surface area (Å²) in [5.74, 6) is 5.61. The van der Waals surface area contributed by atoms with Gasteiger partial charge in [-0.05, 0) is 36.5 Å². The second kappa shape index (κ2) is 5.68. The minimum Gasteiger partial charge on any atom is -0.384 e. The Labute approximate surface area is 120 Å². The van der Waals surface area contributed by atoms with E-state index in [9.17, 15) is 4.79 Å². The molecule has 1 aromatic rings. The van der Waals surface area contributed by atoms with E-state index in [1.165, 1.54) is 0 Å². The van der Waals surface area contributed by atoms with Gasteiger partial charge < -0.3 is 10.0 Å². The lowest BCUT2D eigenvalue weighted by atomic mass is 9.93. The Kier molecular flexibility index (Phi) is 4.15. The van der Waals surface area contributed by atoms with Crippen molar-refractivity contribution in [3.8, 4) is 11.8 Å². The highest BCUT2D eigenvalue weighted by molar-refractivity contribution is 5.96. The molecule has 0 saturated carbocycles. The van der Waals surface area contributed by atoms with Crippen molar-refractivity contribution in [1.29, 1.82) is 0 Å². The van der Waals surface area contributed by atoms with Crippen LogP contribution in [-0.2, 0) is 0 Å². The molecule has 0 radical (unpaired) electrons. The van der Waals surface area contributed by atoms with Crippen molar-refractivity contribution in [3.63, 3.8) is 0 Å². The Balaban J connectivity index is 2.27. The Hall–Kier alpha value is -1.79. The SMILES string of the molecule is Cc1c(C#CCO)cccc1C(=O)N1CCC(C)(C)C1. The molecular formula is C17H21NO2. The number of nitrogens with zero attached hydrogens (tertiary/aromatic N) is 1. The first-order valence-electron chi connectivity index (χ1n) is 6.93. The topological polar surface area (TPSA) is 40.5 Å². The molecule has 1 heterocycles. The second-order valence-corrected chi connectivity index (χ2v) is 6.08. The van der Waals surface area contributed by atoms with Crippen molar-refractivity contribution >= 4 is 5.91 Å². The van der Waals surface area contributed by atoms with Crippen LogP contribution in [0.2, 0.25) is 0 Å². The Morgan fingerprint density at radius 1 is 1.45 bits per heavy atom. The number of amides is 1. The van der Waals surface area contributed by atoms with Crippen LogP contribution in [0.15, 0.2) is 18.2 Å². The molecule has 1 N–H and O–H groups in total. The third-order valence-corrected chi connectivity index (χ3v) is 3.83. The van der Waals surface area contributed by atoms with Crippen LogP contribution in [-0.4, -0.2) is 35.6 Å². The van der Waals surface area contributed by atoms with Gasteiger partial charge in [-0.2, -0.15) is 0 Å². The Morgan fingerprint density at radius 2 is 2.20 bits per heavy atom. The molecular weight excluding hydrogens is 250 g/mol. The fourth-order valence-electron chi connectivity index (χ4n) is 2.59. The third kappa shape index (κ3) is 3.02. The normalized spacial score (nSPS) is 16.7. The summed E-state index contributed by atoms with van der Waals surface area (Å²) in [6.07, 6.45) is 1.04. The van der Waals surface area contributed by atoms with E-state index in [1.807, 2.05) is 30.0 Å². The van der Waals surface area contributed by atoms with Gasteiger partial charge in [0, 0.05) is 24.2 Å². The van der Waals surface area contributed by atoms with E-state index in [0.717, 1.165) is 30.6 Å². The highest BCUT2D eigenvalue weighted by atomic mass is 16.2. The van der Waals surface area contributed by atoms with E-state index in [0.29, 0.717) is 5.56 Å². The predicted octanol–water partition coefficient (Wildman–Crippen LogP) is 2.21. The number of carbonyl (C=O) groups excluding carboxylic acids is 1. The lowest BCUT2D eigenvalue weighted by Crippen LogP contribution is -2.30. The number of rotatable bonds is 1. The Morgan fingerprint density at radius 3 is 2.80 bits per heavy atom. The maximum atomic E-state index is 12.6. The van der Waals surface area contributed by atoms with Gasteiger partial charge in [0.25, 0.3) is 5.91 Å². The van der Waals surface area contributed by atoms with Crippen LogP contribution in [0, 0.1) is 24.2 Å². The van der Waals surface area contributed by atoms with Crippen molar-refractivity contribution in [2.24, 2.45) is 5.41 Å². The van der Waals surface area contributed by atoms with E-state index in [1.54, 1.807) is 0 Å². The first-order chi connectivity index (χ1) is 9.44. The number of likely N-dealkylation sites (tertiary alicyclic amines) is 1. The van der Waals surface area contributed by atoms with Crippen molar-refractivity contribution in [2.75, 3.05) is 19.7 Å². The van der Waals surface area contributed by atoms with Crippen LogP contribution in [0.25, 0.3) is 0 Å². The van der Waals surface area contributed by atoms with Crippen molar-refractivity contribution in [2.45, 2.75) is 27.2 Å². The van der Waals surface area contributed by atoms with Gasteiger partial charge >= 0.3 is 0 Å². The molecule has 1 aliphatic rings. The lowest BCUT2D eigenvalue weighted by Gasteiger charge is -2.21. The molecule has 0 atom stereocenters. The summed E-state index contributed by atoms with van der Waals surface area (Å²) < 4.78 is 0. The molecule has 20 heavy (non-hydrogen) atoms. The van der Waals surface area contributed by atoms with E-state index in [2.05, 4.69) is 25.7 Å². The molecule has 106 valence electrons. The number of benzene rings is 1. The van der Waals surface area contributed by atoms with Crippen molar-refractivity contribution < 1.29 is 9.90 Å².